The number of ether oxygens (including phenoxy) is 1. The van der Waals surface area contributed by atoms with E-state index in [-0.39, 0.29) is 24.5 Å². The van der Waals surface area contributed by atoms with Gasteiger partial charge in [0.2, 0.25) is 5.91 Å². The van der Waals surface area contributed by atoms with Gasteiger partial charge in [0.05, 0.1) is 12.5 Å². The molecule has 1 saturated heterocycles. The molecule has 7 heteroatoms. The lowest BCUT2D eigenvalue weighted by molar-refractivity contribution is -0.137. The van der Waals surface area contributed by atoms with Crippen molar-refractivity contribution in [1.29, 1.82) is 0 Å². The zero-order chi connectivity index (χ0) is 21.4. The number of nitrogens with zero attached hydrogens (tertiary/aromatic N) is 4. The predicted molar refractivity (Wildman–Crippen MR) is 116 cm³/mol. The fraction of sp³-hybridized carbons (Fsp3) is 0.500. The molecule has 0 radical (unpaired) electrons. The Balaban J connectivity index is 1.37. The van der Waals surface area contributed by atoms with Gasteiger partial charge in [-0.25, -0.2) is 9.97 Å². The Hall–Kier alpha value is -2.96. The molecule has 1 aromatic heterocycles. The van der Waals surface area contributed by atoms with Gasteiger partial charge in [-0.05, 0) is 57.1 Å². The molecule has 3 heterocycles. The normalized spacial score (nSPS) is 20.7. The Morgan fingerprint density at radius 1 is 1.13 bits per heavy atom. The molecule has 0 unspecified atom stereocenters. The number of rotatable bonds is 6. The number of para-hydroxylation sites is 1. The van der Waals surface area contributed by atoms with Gasteiger partial charge in [0.15, 0.2) is 12.4 Å². The summed E-state index contributed by atoms with van der Waals surface area (Å²) < 4.78 is 5.70. The lowest BCUT2D eigenvalue weighted by Crippen LogP contribution is -2.42. The molecule has 2 aromatic rings. The molecule has 7 nitrogen and oxygen atoms in total. The fourth-order valence-corrected chi connectivity index (χ4v) is 4.54. The van der Waals surface area contributed by atoms with Crippen molar-refractivity contribution in [2.45, 2.75) is 51.5 Å². The van der Waals surface area contributed by atoms with Gasteiger partial charge in [-0.15, -0.1) is 0 Å². The number of hydrogen-bond acceptors (Lipinski definition) is 5. The maximum atomic E-state index is 13.0. The van der Waals surface area contributed by atoms with E-state index in [0.717, 1.165) is 42.9 Å². The molecule has 3 aliphatic rings. The molecule has 2 amide bonds. The highest BCUT2D eigenvalue weighted by Gasteiger charge is 2.37. The van der Waals surface area contributed by atoms with Crippen molar-refractivity contribution in [3.05, 3.63) is 47.4 Å². The molecule has 2 fully saturated rings. The Labute approximate surface area is 182 Å². The van der Waals surface area contributed by atoms with E-state index in [0.29, 0.717) is 30.5 Å². The standard InChI is InChI=1S/C24H28N4O3/c1-16-19-13-21(29)28(14-17-10-11-17)24(19)26-23(25-16)20-9-5-6-12-27(20)22(30)15-31-18-7-3-2-4-8-18/h2-4,7-8,17,20H,5-6,9-15H2,1H3/t20-/m1/s1. The Morgan fingerprint density at radius 3 is 2.71 bits per heavy atom. The Kier molecular flexibility index (Phi) is 5.34. The minimum atomic E-state index is -0.178. The van der Waals surface area contributed by atoms with E-state index < -0.39 is 0 Å². The molecule has 5 rings (SSSR count). The van der Waals surface area contributed by atoms with Crippen LogP contribution >= 0.6 is 0 Å². The minimum Gasteiger partial charge on any atom is -0.484 e. The van der Waals surface area contributed by atoms with Crippen LogP contribution in [0, 0.1) is 12.8 Å². The molecular formula is C24H28N4O3. The van der Waals surface area contributed by atoms with Crippen LogP contribution in [0.3, 0.4) is 0 Å². The van der Waals surface area contributed by atoms with Crippen LogP contribution in [0.4, 0.5) is 5.82 Å². The third-order valence-electron chi connectivity index (χ3n) is 6.46. The average Bonchev–Trinajstić information content (AvgIpc) is 3.56. The van der Waals surface area contributed by atoms with Crippen LogP contribution in [0.2, 0.25) is 0 Å². The van der Waals surface area contributed by atoms with Crippen LogP contribution in [0.25, 0.3) is 0 Å². The SMILES string of the molecule is Cc1nc([C@H]2CCCCN2C(=O)COc2ccccc2)nc2c1CC(=O)N2CC1CC1. The van der Waals surface area contributed by atoms with Crippen molar-refractivity contribution >= 4 is 17.6 Å². The lowest BCUT2D eigenvalue weighted by atomic mass is 10.0. The first kappa shape index (κ1) is 20.0. The fourth-order valence-electron chi connectivity index (χ4n) is 4.54. The first-order valence-corrected chi connectivity index (χ1v) is 11.2. The van der Waals surface area contributed by atoms with Gasteiger partial charge in [-0.3, -0.25) is 14.5 Å². The summed E-state index contributed by atoms with van der Waals surface area (Å²) in [7, 11) is 0. The molecule has 1 aliphatic carbocycles. The van der Waals surface area contributed by atoms with Gasteiger partial charge in [0.1, 0.15) is 11.6 Å². The summed E-state index contributed by atoms with van der Waals surface area (Å²) in [4.78, 5) is 39.0. The van der Waals surface area contributed by atoms with Crippen molar-refractivity contribution in [3.8, 4) is 5.75 Å². The maximum Gasteiger partial charge on any atom is 0.261 e. The quantitative estimate of drug-likeness (QED) is 0.717. The molecular weight excluding hydrogens is 392 g/mol. The summed E-state index contributed by atoms with van der Waals surface area (Å²) >= 11 is 0. The number of carbonyl (C=O) groups is 2. The summed E-state index contributed by atoms with van der Waals surface area (Å²) in [6.45, 7) is 3.37. The molecule has 2 aliphatic heterocycles. The number of aryl methyl sites for hydroxylation is 1. The van der Waals surface area contributed by atoms with Crippen molar-refractivity contribution in [2.75, 3.05) is 24.6 Å². The predicted octanol–water partition coefficient (Wildman–Crippen LogP) is 3.22. The highest BCUT2D eigenvalue weighted by Crippen LogP contribution is 2.37. The van der Waals surface area contributed by atoms with Gasteiger partial charge < -0.3 is 9.64 Å². The first-order valence-electron chi connectivity index (χ1n) is 11.2. The van der Waals surface area contributed by atoms with Crippen molar-refractivity contribution in [1.82, 2.24) is 14.9 Å². The van der Waals surface area contributed by atoms with Crippen LogP contribution in [0.1, 0.15) is 55.2 Å². The van der Waals surface area contributed by atoms with E-state index in [1.807, 2.05) is 47.1 Å². The molecule has 0 spiro atoms. The minimum absolute atomic E-state index is 0.00325. The number of piperidine rings is 1. The van der Waals surface area contributed by atoms with Gasteiger partial charge >= 0.3 is 0 Å². The second-order valence-corrected chi connectivity index (χ2v) is 8.79. The number of aromatic nitrogens is 2. The van der Waals surface area contributed by atoms with Gasteiger partial charge in [-0.2, -0.15) is 0 Å². The van der Waals surface area contributed by atoms with Crippen LogP contribution in [0.5, 0.6) is 5.75 Å². The third-order valence-corrected chi connectivity index (χ3v) is 6.46. The van der Waals surface area contributed by atoms with Gasteiger partial charge in [-0.1, -0.05) is 18.2 Å². The highest BCUT2D eigenvalue weighted by molar-refractivity contribution is 6.00. The van der Waals surface area contributed by atoms with Crippen LogP contribution < -0.4 is 9.64 Å². The number of likely N-dealkylation sites (tertiary alicyclic amines) is 1. The summed E-state index contributed by atoms with van der Waals surface area (Å²) in [6, 6.07) is 9.21. The Morgan fingerprint density at radius 2 is 1.94 bits per heavy atom. The first-order chi connectivity index (χ1) is 15.1. The van der Waals surface area contributed by atoms with E-state index in [9.17, 15) is 9.59 Å². The van der Waals surface area contributed by atoms with E-state index in [1.165, 1.54) is 12.8 Å². The van der Waals surface area contributed by atoms with Gasteiger partial charge in [0, 0.05) is 24.3 Å². The van der Waals surface area contributed by atoms with Crippen molar-refractivity contribution in [3.63, 3.8) is 0 Å². The van der Waals surface area contributed by atoms with E-state index in [4.69, 9.17) is 14.7 Å². The second-order valence-electron chi connectivity index (χ2n) is 8.79. The number of fused-ring (bicyclic) bond motifs is 1. The van der Waals surface area contributed by atoms with Crippen LogP contribution in [0.15, 0.2) is 30.3 Å². The van der Waals surface area contributed by atoms with Crippen molar-refractivity contribution < 1.29 is 14.3 Å². The third kappa shape index (κ3) is 4.13. The van der Waals surface area contributed by atoms with E-state index in [2.05, 4.69) is 0 Å². The highest BCUT2D eigenvalue weighted by atomic mass is 16.5. The molecule has 0 bridgehead atoms. The lowest BCUT2D eigenvalue weighted by Gasteiger charge is -2.35. The smallest absolute Gasteiger partial charge is 0.261 e. The number of carbonyl (C=O) groups excluding carboxylic acids is 2. The molecule has 0 N–H and O–H groups in total. The van der Waals surface area contributed by atoms with Crippen molar-refractivity contribution in [2.24, 2.45) is 5.92 Å². The Bertz CT molecular complexity index is 990. The largest absolute Gasteiger partial charge is 0.484 e. The van der Waals surface area contributed by atoms with Gasteiger partial charge in [0.25, 0.3) is 5.91 Å². The average molecular weight is 421 g/mol. The molecule has 1 aromatic carbocycles. The number of benzene rings is 1. The summed E-state index contributed by atoms with van der Waals surface area (Å²) in [5, 5.41) is 0. The summed E-state index contributed by atoms with van der Waals surface area (Å²) in [5.41, 5.74) is 1.79. The second kappa shape index (κ2) is 8.29. The molecule has 162 valence electrons. The van der Waals surface area contributed by atoms with Crippen LogP contribution in [-0.2, 0) is 16.0 Å². The van der Waals surface area contributed by atoms with Crippen LogP contribution in [-0.4, -0.2) is 46.4 Å². The number of amides is 2. The zero-order valence-corrected chi connectivity index (χ0v) is 17.9. The zero-order valence-electron chi connectivity index (χ0n) is 17.9. The van der Waals surface area contributed by atoms with E-state index in [1.54, 1.807) is 0 Å². The monoisotopic (exact) mass is 420 g/mol. The molecule has 1 saturated carbocycles. The maximum absolute atomic E-state index is 13.0. The summed E-state index contributed by atoms with van der Waals surface area (Å²) in [6.07, 6.45) is 5.56. The molecule has 31 heavy (non-hydrogen) atoms. The number of hydrogen-bond donors (Lipinski definition) is 0. The number of anilines is 1. The summed E-state index contributed by atoms with van der Waals surface area (Å²) in [5.74, 6) is 2.75. The topological polar surface area (TPSA) is 75.6 Å². The van der Waals surface area contributed by atoms with E-state index >= 15 is 0 Å². The molecule has 1 atom stereocenters.